The minimum atomic E-state index is -0.567. The van der Waals surface area contributed by atoms with Crippen molar-refractivity contribution in [1.29, 1.82) is 0 Å². The molecular formula is C24H28N2O5. The second-order valence-electron chi connectivity index (χ2n) is 7.72. The summed E-state index contributed by atoms with van der Waals surface area (Å²) in [6.45, 7) is 6.47. The molecule has 1 atom stereocenters. The molecule has 3 rings (SSSR count). The van der Waals surface area contributed by atoms with E-state index in [1.165, 1.54) is 6.08 Å². The highest BCUT2D eigenvalue weighted by atomic mass is 16.5. The van der Waals surface area contributed by atoms with E-state index in [0.29, 0.717) is 35.4 Å². The van der Waals surface area contributed by atoms with Gasteiger partial charge in [-0.05, 0) is 48.7 Å². The number of rotatable bonds is 7. The highest BCUT2D eigenvalue weighted by Gasteiger charge is 2.31. The molecule has 2 aromatic rings. The lowest BCUT2D eigenvalue weighted by Gasteiger charge is -2.34. The molecule has 1 heterocycles. The number of fused-ring (bicyclic) bond motifs is 1. The van der Waals surface area contributed by atoms with Crippen molar-refractivity contribution in [1.82, 2.24) is 0 Å². The first kappa shape index (κ1) is 22.2. The number of anilines is 2. The van der Waals surface area contributed by atoms with Crippen molar-refractivity contribution in [3.63, 3.8) is 0 Å². The number of benzene rings is 2. The number of methoxy groups -OCH3 is 2. The van der Waals surface area contributed by atoms with E-state index in [-0.39, 0.29) is 11.8 Å². The predicted octanol–water partition coefficient (Wildman–Crippen LogP) is 4.13. The number of hydrogen-bond donors (Lipinski definition) is 1. The summed E-state index contributed by atoms with van der Waals surface area (Å²) in [5.41, 5.74) is 2.11. The van der Waals surface area contributed by atoms with Crippen LogP contribution in [0.4, 0.5) is 11.4 Å². The molecule has 7 heteroatoms. The number of nitrogens with one attached hydrogen (secondary N) is 1. The van der Waals surface area contributed by atoms with Crippen LogP contribution in [0.5, 0.6) is 17.2 Å². The summed E-state index contributed by atoms with van der Waals surface area (Å²) in [6.07, 6.45) is 2.57. The van der Waals surface area contributed by atoms with E-state index in [2.05, 4.69) is 19.2 Å². The molecule has 1 aliphatic heterocycles. The lowest BCUT2D eigenvalue weighted by Crippen LogP contribution is -2.46. The quantitative estimate of drug-likeness (QED) is 0.677. The molecule has 1 aliphatic rings. The Morgan fingerprint density at radius 2 is 1.90 bits per heavy atom. The number of ether oxygens (including phenoxy) is 3. The van der Waals surface area contributed by atoms with Crippen molar-refractivity contribution < 1.29 is 23.8 Å². The molecule has 0 aliphatic carbocycles. The van der Waals surface area contributed by atoms with E-state index in [9.17, 15) is 9.59 Å². The Labute approximate surface area is 182 Å². The second kappa shape index (κ2) is 9.55. The van der Waals surface area contributed by atoms with Crippen LogP contribution >= 0.6 is 0 Å². The van der Waals surface area contributed by atoms with Gasteiger partial charge in [-0.25, -0.2) is 0 Å². The maximum Gasteiger partial charge on any atom is 0.267 e. The van der Waals surface area contributed by atoms with Gasteiger partial charge in [0.05, 0.1) is 19.9 Å². The van der Waals surface area contributed by atoms with E-state index < -0.39 is 6.10 Å². The van der Waals surface area contributed by atoms with Gasteiger partial charge in [-0.15, -0.1) is 0 Å². The van der Waals surface area contributed by atoms with Gasteiger partial charge >= 0.3 is 0 Å². The third kappa shape index (κ3) is 5.17. The van der Waals surface area contributed by atoms with Gasteiger partial charge in [0.25, 0.3) is 5.91 Å². The molecule has 0 fully saturated rings. The summed E-state index contributed by atoms with van der Waals surface area (Å²) in [4.78, 5) is 26.6. The number of amides is 2. The first-order valence-corrected chi connectivity index (χ1v) is 10.2. The van der Waals surface area contributed by atoms with E-state index in [1.54, 1.807) is 62.5 Å². The van der Waals surface area contributed by atoms with Crippen molar-refractivity contribution in [2.24, 2.45) is 5.92 Å². The summed E-state index contributed by atoms with van der Waals surface area (Å²) < 4.78 is 16.3. The van der Waals surface area contributed by atoms with E-state index in [1.807, 2.05) is 6.07 Å². The van der Waals surface area contributed by atoms with Crippen LogP contribution in [0.25, 0.3) is 6.08 Å². The second-order valence-corrected chi connectivity index (χ2v) is 7.72. The van der Waals surface area contributed by atoms with Gasteiger partial charge in [-0.2, -0.15) is 0 Å². The van der Waals surface area contributed by atoms with Gasteiger partial charge in [0, 0.05) is 24.4 Å². The van der Waals surface area contributed by atoms with Crippen molar-refractivity contribution in [3.05, 3.63) is 48.0 Å². The Balaban J connectivity index is 1.73. The first-order chi connectivity index (χ1) is 14.8. The molecule has 0 spiro atoms. The number of carbonyl (C=O) groups excluding carboxylic acids is 2. The maximum atomic E-state index is 12.5. The molecule has 0 bridgehead atoms. The topological polar surface area (TPSA) is 77.1 Å². The van der Waals surface area contributed by atoms with Crippen molar-refractivity contribution in [3.8, 4) is 17.2 Å². The average Bonchev–Trinajstić information content (AvgIpc) is 2.74. The largest absolute Gasteiger partial charge is 0.493 e. The van der Waals surface area contributed by atoms with E-state index >= 15 is 0 Å². The molecule has 31 heavy (non-hydrogen) atoms. The van der Waals surface area contributed by atoms with Crippen LogP contribution < -0.4 is 24.4 Å². The fourth-order valence-electron chi connectivity index (χ4n) is 3.35. The summed E-state index contributed by atoms with van der Waals surface area (Å²) in [5.74, 6) is 1.77. The lowest BCUT2D eigenvalue weighted by atomic mass is 10.1. The molecule has 0 radical (unpaired) electrons. The summed E-state index contributed by atoms with van der Waals surface area (Å²) >= 11 is 0. The fourth-order valence-corrected chi connectivity index (χ4v) is 3.35. The van der Waals surface area contributed by atoms with Crippen LogP contribution in [0, 0.1) is 5.92 Å². The summed E-state index contributed by atoms with van der Waals surface area (Å²) in [7, 11) is 3.13. The molecular weight excluding hydrogens is 396 g/mol. The van der Waals surface area contributed by atoms with Crippen LogP contribution in [0.3, 0.4) is 0 Å². The highest BCUT2D eigenvalue weighted by molar-refractivity contribution is 6.03. The van der Waals surface area contributed by atoms with E-state index in [4.69, 9.17) is 14.2 Å². The van der Waals surface area contributed by atoms with Crippen LogP contribution in [0.2, 0.25) is 0 Å². The SMILES string of the molecule is COc1ccc(/C=C/C(=O)Nc2ccc3c(c2)OC(C)C(=O)N3CC(C)C)cc1OC. The zero-order valence-electron chi connectivity index (χ0n) is 18.5. The van der Waals surface area contributed by atoms with Gasteiger partial charge in [-0.1, -0.05) is 19.9 Å². The predicted molar refractivity (Wildman–Crippen MR) is 121 cm³/mol. The van der Waals surface area contributed by atoms with E-state index in [0.717, 1.165) is 11.3 Å². The van der Waals surface area contributed by atoms with Crippen LogP contribution in [-0.4, -0.2) is 38.7 Å². The minimum Gasteiger partial charge on any atom is -0.493 e. The number of carbonyl (C=O) groups is 2. The molecule has 1 N–H and O–H groups in total. The molecule has 0 saturated carbocycles. The molecule has 0 aromatic heterocycles. The highest BCUT2D eigenvalue weighted by Crippen LogP contribution is 2.36. The molecule has 2 aromatic carbocycles. The molecule has 0 saturated heterocycles. The third-order valence-corrected chi connectivity index (χ3v) is 4.82. The molecule has 2 amide bonds. The molecule has 1 unspecified atom stereocenters. The molecule has 7 nitrogen and oxygen atoms in total. The van der Waals surface area contributed by atoms with Crippen LogP contribution in [-0.2, 0) is 9.59 Å². The van der Waals surface area contributed by atoms with Gasteiger partial charge < -0.3 is 24.4 Å². The van der Waals surface area contributed by atoms with Crippen molar-refractivity contribution in [2.75, 3.05) is 31.0 Å². The van der Waals surface area contributed by atoms with Crippen LogP contribution in [0.1, 0.15) is 26.3 Å². The Bertz CT molecular complexity index is 999. The van der Waals surface area contributed by atoms with Gasteiger partial charge in [-0.3, -0.25) is 9.59 Å². The zero-order chi connectivity index (χ0) is 22.5. The smallest absolute Gasteiger partial charge is 0.267 e. The van der Waals surface area contributed by atoms with Gasteiger partial charge in [0.15, 0.2) is 17.6 Å². The monoisotopic (exact) mass is 424 g/mol. The molecule has 164 valence electrons. The Morgan fingerprint density at radius 3 is 2.58 bits per heavy atom. The lowest BCUT2D eigenvalue weighted by molar-refractivity contribution is -0.125. The van der Waals surface area contributed by atoms with Gasteiger partial charge in [0.1, 0.15) is 5.75 Å². The normalized spacial score (nSPS) is 15.6. The Kier molecular flexibility index (Phi) is 6.84. The van der Waals surface area contributed by atoms with Crippen molar-refractivity contribution >= 4 is 29.3 Å². The third-order valence-electron chi connectivity index (χ3n) is 4.82. The Hall–Kier alpha value is -3.48. The number of nitrogens with zero attached hydrogens (tertiary/aromatic N) is 1. The van der Waals surface area contributed by atoms with Crippen molar-refractivity contribution in [2.45, 2.75) is 26.9 Å². The van der Waals surface area contributed by atoms with Crippen LogP contribution in [0.15, 0.2) is 42.5 Å². The summed E-state index contributed by atoms with van der Waals surface area (Å²) in [5, 5.41) is 2.83. The minimum absolute atomic E-state index is 0.0594. The standard InChI is InChI=1S/C24H28N2O5/c1-15(2)14-26-19-9-8-18(13-21(19)31-16(3)24(26)28)25-23(27)11-7-17-6-10-20(29-4)22(12-17)30-5/h6-13,15-16H,14H2,1-5H3,(H,25,27)/b11-7+. The zero-order valence-corrected chi connectivity index (χ0v) is 18.5. The summed E-state index contributed by atoms with van der Waals surface area (Å²) in [6, 6.07) is 10.7. The first-order valence-electron chi connectivity index (χ1n) is 10.2. The number of hydrogen-bond acceptors (Lipinski definition) is 5. The van der Waals surface area contributed by atoms with Gasteiger partial charge in [0.2, 0.25) is 5.91 Å². The average molecular weight is 424 g/mol. The maximum absolute atomic E-state index is 12.5. The Morgan fingerprint density at radius 1 is 1.16 bits per heavy atom. The fraction of sp³-hybridized carbons (Fsp3) is 0.333.